The van der Waals surface area contributed by atoms with E-state index in [1.54, 1.807) is 0 Å². The van der Waals surface area contributed by atoms with Gasteiger partial charge in [0.15, 0.2) is 5.78 Å². The third kappa shape index (κ3) is 2.12. The highest BCUT2D eigenvalue weighted by Crippen LogP contribution is 2.24. The quantitative estimate of drug-likeness (QED) is 0.628. The van der Waals surface area contributed by atoms with E-state index in [0.717, 1.165) is 4.57 Å². The van der Waals surface area contributed by atoms with Crippen LogP contribution in [-0.4, -0.2) is 21.1 Å². The number of ketones is 2. The fourth-order valence-corrected chi connectivity index (χ4v) is 2.34. The summed E-state index contributed by atoms with van der Waals surface area (Å²) in [5, 5.41) is -0.132. The molecule has 0 spiro atoms. The molecule has 1 fully saturated rings. The average molecular weight is 290 g/mol. The second kappa shape index (κ2) is 4.80. The van der Waals surface area contributed by atoms with Crippen LogP contribution in [0, 0.1) is 6.90 Å². The molecule has 1 aromatic carbocycles. The number of nitrogens with two attached hydrogens (primary N) is 1. The second-order valence-corrected chi connectivity index (χ2v) is 4.68. The molecule has 0 aliphatic heterocycles. The third-order valence-electron chi connectivity index (χ3n) is 3.31. The van der Waals surface area contributed by atoms with Crippen molar-refractivity contribution in [3.05, 3.63) is 34.4 Å². The fraction of sp³-hybridized carbons (Fsp3) is 0.333. The van der Waals surface area contributed by atoms with Gasteiger partial charge in [-0.1, -0.05) is 6.07 Å². The van der Waals surface area contributed by atoms with Crippen LogP contribution in [0.1, 0.15) is 37.9 Å². The third-order valence-corrected chi connectivity index (χ3v) is 3.31. The molecule has 21 heavy (non-hydrogen) atoms. The van der Waals surface area contributed by atoms with Crippen LogP contribution < -0.4 is 11.3 Å². The number of nitrogens with zero attached hydrogens (tertiary/aromatic N) is 2. The molecule has 0 bridgehead atoms. The Morgan fingerprint density at radius 2 is 2.33 bits per heavy atom. The number of carbonyl (C=O) groups is 2. The molecule has 0 radical (unpaired) electrons. The van der Waals surface area contributed by atoms with Crippen LogP contribution in [0.4, 0.5) is 5.69 Å². The van der Waals surface area contributed by atoms with E-state index in [2.05, 4.69) is 4.98 Å². The van der Waals surface area contributed by atoms with Gasteiger partial charge in [-0.25, -0.2) is 4.98 Å². The summed E-state index contributed by atoms with van der Waals surface area (Å²) in [4.78, 5) is 41.3. The Morgan fingerprint density at radius 3 is 3.10 bits per heavy atom. The van der Waals surface area contributed by atoms with E-state index in [-0.39, 0.29) is 28.5 Å². The first kappa shape index (κ1) is 8.71. The zero-order chi connectivity index (χ0) is 19.4. The first-order valence-corrected chi connectivity index (χ1v) is 6.19. The smallest absolute Gasteiger partial charge is 0.264 e. The van der Waals surface area contributed by atoms with Gasteiger partial charge in [-0.15, -0.1) is 0 Å². The summed E-state index contributed by atoms with van der Waals surface area (Å²) in [5.41, 5.74) is 4.96. The molecule has 6 nitrogen and oxygen atoms in total. The summed E-state index contributed by atoms with van der Waals surface area (Å²) in [6.07, 6.45) is -5.23. The number of fused-ring (bicyclic) bond motifs is 1. The predicted octanol–water partition coefficient (Wildman–Crippen LogP) is 1.15. The van der Waals surface area contributed by atoms with Gasteiger partial charge in [-0.2, -0.15) is 0 Å². The molecule has 6 heteroatoms. The fourth-order valence-electron chi connectivity index (χ4n) is 2.34. The maximum absolute atomic E-state index is 13.0. The molecule has 1 heterocycles. The van der Waals surface area contributed by atoms with Gasteiger partial charge in [0.1, 0.15) is 11.6 Å². The van der Waals surface area contributed by atoms with E-state index in [0.29, 0.717) is 0 Å². The highest BCUT2D eigenvalue weighted by Gasteiger charge is 2.30. The van der Waals surface area contributed by atoms with E-state index in [4.69, 9.17) is 12.6 Å². The van der Waals surface area contributed by atoms with Crippen molar-refractivity contribution in [2.75, 3.05) is 5.73 Å². The van der Waals surface area contributed by atoms with Crippen LogP contribution in [0.3, 0.4) is 0 Å². The highest BCUT2D eigenvalue weighted by atomic mass is 16.2. The molecule has 2 unspecified atom stereocenters. The molecule has 108 valence electrons. The van der Waals surface area contributed by atoms with Crippen molar-refractivity contribution in [1.82, 2.24) is 9.55 Å². The number of benzene rings is 1. The first-order chi connectivity index (χ1) is 12.1. The zero-order valence-corrected chi connectivity index (χ0v) is 10.9. The summed E-state index contributed by atoms with van der Waals surface area (Å²) < 4.78 is 39.8. The minimum absolute atomic E-state index is 0.121. The topological polar surface area (TPSA) is 95.0 Å². The van der Waals surface area contributed by atoms with Crippen molar-refractivity contribution in [1.29, 1.82) is 0 Å². The van der Waals surface area contributed by atoms with E-state index in [9.17, 15) is 14.4 Å². The van der Waals surface area contributed by atoms with E-state index in [1.807, 2.05) is 0 Å². The number of hydrogen-bond donors (Lipinski definition) is 1. The van der Waals surface area contributed by atoms with Gasteiger partial charge in [0.25, 0.3) is 5.56 Å². The highest BCUT2D eigenvalue weighted by molar-refractivity contribution is 6.03. The molecule has 1 saturated carbocycles. The molecule has 3 rings (SSSR count). The normalized spacial score (nSPS) is 28.5. The SMILES string of the molecule is [2H]Cc1nc2ccc([2H])c(N)c2c(=O)n1C1C(=O)CC(=O)C([2H])([2H])C1[2H]. The number of nitrogen functional groups attached to an aromatic ring is 1. The number of aromatic nitrogens is 2. The van der Waals surface area contributed by atoms with Gasteiger partial charge in [-0.3, -0.25) is 19.0 Å². The maximum atomic E-state index is 13.0. The molecule has 1 aliphatic rings. The zero-order valence-electron chi connectivity index (χ0n) is 15.9. The van der Waals surface area contributed by atoms with Crippen LogP contribution >= 0.6 is 0 Å². The van der Waals surface area contributed by atoms with Crippen molar-refractivity contribution in [2.45, 2.75) is 32.1 Å². The number of carbonyl (C=O) groups excluding carboxylic acids is 2. The van der Waals surface area contributed by atoms with Crippen LogP contribution in [0.2, 0.25) is 0 Å². The van der Waals surface area contributed by atoms with Crippen molar-refractivity contribution in [2.24, 2.45) is 0 Å². The number of aryl methyl sites for hydroxylation is 1. The molecule has 2 N–H and O–H groups in total. The molecule has 0 amide bonds. The van der Waals surface area contributed by atoms with Crippen molar-refractivity contribution in [3.8, 4) is 0 Å². The minimum Gasteiger partial charge on any atom is -0.398 e. The number of rotatable bonds is 1. The molecule has 1 aromatic heterocycles. The Morgan fingerprint density at radius 1 is 1.52 bits per heavy atom. The number of hydrogen-bond acceptors (Lipinski definition) is 5. The largest absolute Gasteiger partial charge is 0.398 e. The van der Waals surface area contributed by atoms with Crippen molar-refractivity contribution >= 4 is 28.2 Å². The lowest BCUT2D eigenvalue weighted by Gasteiger charge is -2.24. The molecular weight excluding hydrogens is 270 g/mol. The summed E-state index contributed by atoms with van der Waals surface area (Å²) in [6.45, 7) is -0.499. The summed E-state index contributed by atoms with van der Waals surface area (Å²) >= 11 is 0. The van der Waals surface area contributed by atoms with E-state index < -0.39 is 49.3 Å². The number of anilines is 1. The number of Topliss-reactive ketones (excluding diaryl/α,β-unsaturated/α-hetero) is 2. The van der Waals surface area contributed by atoms with Gasteiger partial charge in [0, 0.05) is 17.5 Å². The van der Waals surface area contributed by atoms with Gasteiger partial charge in [0.05, 0.1) is 24.7 Å². The Kier molecular flexibility index (Phi) is 1.99. The maximum Gasteiger partial charge on any atom is 0.264 e. The lowest BCUT2D eigenvalue weighted by Crippen LogP contribution is -2.36. The summed E-state index contributed by atoms with van der Waals surface area (Å²) in [7, 11) is 0. The Balaban J connectivity index is 2.35. The minimum atomic E-state index is -2.62. The molecule has 2 atom stereocenters. The van der Waals surface area contributed by atoms with Gasteiger partial charge in [-0.05, 0) is 25.4 Å². The predicted molar refractivity (Wildman–Crippen MR) is 78.1 cm³/mol. The van der Waals surface area contributed by atoms with Gasteiger partial charge >= 0.3 is 0 Å². The van der Waals surface area contributed by atoms with Crippen molar-refractivity contribution < 1.29 is 16.4 Å². The molecular formula is C15H15N3O3. The van der Waals surface area contributed by atoms with Crippen LogP contribution in [0.5, 0.6) is 0 Å². The second-order valence-electron chi connectivity index (χ2n) is 4.68. The van der Waals surface area contributed by atoms with E-state index in [1.165, 1.54) is 12.1 Å². The van der Waals surface area contributed by atoms with Crippen LogP contribution in [0.15, 0.2) is 23.0 Å². The Bertz CT molecular complexity index is 1000. The Hall–Kier alpha value is -2.50. The lowest BCUT2D eigenvalue weighted by atomic mass is 9.92. The van der Waals surface area contributed by atoms with Crippen LogP contribution in [0.25, 0.3) is 10.9 Å². The molecule has 2 aromatic rings. The Labute approximate surface area is 127 Å². The standard InChI is InChI=1S/C15H15N3O3/c1-8-17-11-4-2-3-10(16)14(11)15(21)18(8)12-6-5-9(19)7-13(12)20/h2-4,12H,5-7,16H2,1H3/i1D,3D,5D2,6D. The molecule has 0 saturated heterocycles. The summed E-state index contributed by atoms with van der Waals surface area (Å²) in [5.74, 6) is -1.94. The van der Waals surface area contributed by atoms with Crippen LogP contribution in [-0.2, 0) is 9.59 Å². The lowest BCUT2D eigenvalue weighted by molar-refractivity contribution is -0.132. The monoisotopic (exact) mass is 290 g/mol. The average Bonchev–Trinajstić information content (AvgIpc) is 2.58. The first-order valence-electron chi connectivity index (χ1n) is 8.97. The van der Waals surface area contributed by atoms with Gasteiger partial charge < -0.3 is 5.73 Å². The van der Waals surface area contributed by atoms with E-state index >= 15 is 0 Å². The summed E-state index contributed by atoms with van der Waals surface area (Å²) in [6, 6.07) is 1.02. The molecule has 1 aliphatic carbocycles. The van der Waals surface area contributed by atoms with Gasteiger partial charge in [0.2, 0.25) is 0 Å². The van der Waals surface area contributed by atoms with Crippen molar-refractivity contribution in [3.63, 3.8) is 0 Å².